The third-order valence-electron chi connectivity index (χ3n) is 6.40. The molecule has 1 aliphatic heterocycles. The Labute approximate surface area is 190 Å². The van der Waals surface area contributed by atoms with Crippen LogP contribution < -0.4 is 10.5 Å². The van der Waals surface area contributed by atoms with Gasteiger partial charge in [0, 0.05) is 44.2 Å². The van der Waals surface area contributed by atoms with Crippen LogP contribution in [0.3, 0.4) is 0 Å². The molecular formula is C24H25N7O2. The topological polar surface area (TPSA) is 100 Å². The zero-order valence-electron chi connectivity index (χ0n) is 18.6. The average Bonchev–Trinajstić information content (AvgIpc) is 3.25. The molecule has 9 heteroatoms. The first-order valence-corrected chi connectivity index (χ1v) is 11.0. The number of nitrogens with one attached hydrogen (secondary N) is 1. The van der Waals surface area contributed by atoms with E-state index in [-0.39, 0.29) is 17.5 Å². The minimum absolute atomic E-state index is 0.0775. The monoisotopic (exact) mass is 443 g/mol. The highest BCUT2D eigenvalue weighted by molar-refractivity contribution is 5.94. The highest BCUT2D eigenvalue weighted by Gasteiger charge is 2.28. The molecule has 3 heterocycles. The Kier molecular flexibility index (Phi) is 5.37. The van der Waals surface area contributed by atoms with Crippen molar-refractivity contribution in [2.24, 2.45) is 7.05 Å². The van der Waals surface area contributed by atoms with Crippen LogP contribution in [0.25, 0.3) is 22.3 Å². The van der Waals surface area contributed by atoms with Gasteiger partial charge in [-0.1, -0.05) is 36.4 Å². The van der Waals surface area contributed by atoms with Crippen LogP contribution in [0.2, 0.25) is 0 Å². The molecule has 2 aromatic carbocycles. The van der Waals surface area contributed by atoms with E-state index in [9.17, 15) is 9.59 Å². The summed E-state index contributed by atoms with van der Waals surface area (Å²) in [5, 5.41) is 16.9. The minimum atomic E-state index is -0.231. The second-order valence-corrected chi connectivity index (χ2v) is 8.33. The van der Waals surface area contributed by atoms with Crippen molar-refractivity contribution in [1.29, 1.82) is 0 Å². The van der Waals surface area contributed by atoms with Gasteiger partial charge in [-0.3, -0.25) is 14.2 Å². The van der Waals surface area contributed by atoms with Crippen LogP contribution in [0.1, 0.15) is 23.2 Å². The normalized spacial score (nSPS) is 14.5. The molecule has 0 saturated carbocycles. The minimum Gasteiger partial charge on any atom is -0.341 e. The molecule has 5 rings (SSSR count). The Bertz CT molecular complexity index is 1350. The van der Waals surface area contributed by atoms with Gasteiger partial charge < -0.3 is 9.80 Å². The number of anilines is 1. The van der Waals surface area contributed by atoms with Gasteiger partial charge in [0.25, 0.3) is 11.5 Å². The molecule has 2 aromatic heterocycles. The second kappa shape index (κ2) is 8.50. The Hall–Kier alpha value is -4.01. The lowest BCUT2D eigenvalue weighted by atomic mass is 10.0. The van der Waals surface area contributed by atoms with Crippen LogP contribution in [-0.2, 0) is 7.05 Å². The van der Waals surface area contributed by atoms with Gasteiger partial charge in [-0.2, -0.15) is 5.10 Å². The predicted molar refractivity (Wildman–Crippen MR) is 126 cm³/mol. The van der Waals surface area contributed by atoms with Crippen molar-refractivity contribution < 1.29 is 4.79 Å². The first-order valence-electron chi connectivity index (χ1n) is 11.0. The molecule has 1 aliphatic rings. The third-order valence-corrected chi connectivity index (χ3v) is 6.40. The Morgan fingerprint density at radius 1 is 1.00 bits per heavy atom. The first-order chi connectivity index (χ1) is 16.0. The molecule has 0 atom stereocenters. The number of nitrogens with zero attached hydrogens (tertiary/aromatic N) is 6. The fourth-order valence-electron chi connectivity index (χ4n) is 4.50. The number of rotatable bonds is 4. The lowest BCUT2D eigenvalue weighted by Crippen LogP contribution is -2.46. The Morgan fingerprint density at radius 3 is 2.39 bits per heavy atom. The number of carbonyl (C=O) groups is 1. The molecule has 4 aromatic rings. The molecule has 1 saturated heterocycles. The van der Waals surface area contributed by atoms with Crippen molar-refractivity contribution in [3.05, 3.63) is 70.5 Å². The number of hydrogen-bond acceptors (Lipinski definition) is 6. The van der Waals surface area contributed by atoms with Gasteiger partial charge >= 0.3 is 0 Å². The van der Waals surface area contributed by atoms with Crippen LogP contribution in [0.4, 0.5) is 5.95 Å². The van der Waals surface area contributed by atoms with Crippen LogP contribution in [-0.4, -0.2) is 61.9 Å². The zero-order chi connectivity index (χ0) is 22.9. The number of likely N-dealkylation sites (tertiary alicyclic amines) is 1. The molecule has 1 N–H and O–H groups in total. The molecule has 0 spiro atoms. The number of aromatic amines is 1. The summed E-state index contributed by atoms with van der Waals surface area (Å²) in [5.74, 6) is 1.38. The SMILES string of the molecule is CN(c1nnc(-c2n[nH]c(=O)c3ccccc23)n1C)C1CCN(C(=O)c2ccccc2)CC1. The third kappa shape index (κ3) is 3.75. The van der Waals surface area contributed by atoms with Crippen molar-refractivity contribution in [3.8, 4) is 11.5 Å². The lowest BCUT2D eigenvalue weighted by Gasteiger charge is -2.37. The summed E-state index contributed by atoms with van der Waals surface area (Å²) in [7, 11) is 3.91. The summed E-state index contributed by atoms with van der Waals surface area (Å²) < 4.78 is 1.90. The summed E-state index contributed by atoms with van der Waals surface area (Å²) in [4.78, 5) is 28.9. The molecule has 168 valence electrons. The number of fused-ring (bicyclic) bond motifs is 1. The summed E-state index contributed by atoms with van der Waals surface area (Å²) in [6.45, 7) is 1.39. The summed E-state index contributed by atoms with van der Waals surface area (Å²) in [5.41, 5.74) is 1.08. The van der Waals surface area contributed by atoms with E-state index in [4.69, 9.17) is 0 Å². The maximum absolute atomic E-state index is 12.7. The van der Waals surface area contributed by atoms with E-state index in [2.05, 4.69) is 25.3 Å². The van der Waals surface area contributed by atoms with Gasteiger partial charge in [0.05, 0.1) is 5.39 Å². The van der Waals surface area contributed by atoms with Gasteiger partial charge in [-0.15, -0.1) is 10.2 Å². The molecule has 1 fully saturated rings. The van der Waals surface area contributed by atoms with Crippen molar-refractivity contribution >= 4 is 22.6 Å². The predicted octanol–water partition coefficient (Wildman–Crippen LogP) is 2.46. The first kappa shape index (κ1) is 20.9. The van der Waals surface area contributed by atoms with Crippen molar-refractivity contribution in [1.82, 2.24) is 29.9 Å². The van der Waals surface area contributed by atoms with E-state index in [1.54, 1.807) is 6.07 Å². The van der Waals surface area contributed by atoms with Gasteiger partial charge in [0.15, 0.2) is 5.82 Å². The summed E-state index contributed by atoms with van der Waals surface area (Å²) in [6.07, 6.45) is 1.69. The summed E-state index contributed by atoms with van der Waals surface area (Å²) >= 11 is 0. The highest BCUT2D eigenvalue weighted by atomic mass is 16.2. The standard InChI is InChI=1S/C24H25N7O2/c1-29(17-12-14-31(15-13-17)23(33)16-8-4-3-5-9-16)24-28-26-21(30(24)2)20-18-10-6-7-11-19(18)22(32)27-25-20/h3-11,17H,12-15H2,1-2H3,(H,27,32). The molecule has 0 aliphatic carbocycles. The van der Waals surface area contributed by atoms with E-state index in [1.165, 1.54) is 0 Å². The largest absolute Gasteiger partial charge is 0.341 e. The van der Waals surface area contributed by atoms with E-state index in [1.807, 2.05) is 72.1 Å². The number of hydrogen-bond donors (Lipinski definition) is 1. The van der Waals surface area contributed by atoms with Gasteiger partial charge in [0.2, 0.25) is 5.95 Å². The average molecular weight is 444 g/mol. The second-order valence-electron chi connectivity index (χ2n) is 8.33. The lowest BCUT2D eigenvalue weighted by molar-refractivity contribution is 0.0713. The van der Waals surface area contributed by atoms with Crippen LogP contribution in [0.15, 0.2) is 59.4 Å². The van der Waals surface area contributed by atoms with E-state index < -0.39 is 0 Å². The highest BCUT2D eigenvalue weighted by Crippen LogP contribution is 2.27. The molecule has 9 nitrogen and oxygen atoms in total. The fourth-order valence-corrected chi connectivity index (χ4v) is 4.50. The maximum Gasteiger partial charge on any atom is 0.272 e. The van der Waals surface area contributed by atoms with Gasteiger partial charge in [0.1, 0.15) is 5.69 Å². The number of aromatic nitrogens is 5. The quantitative estimate of drug-likeness (QED) is 0.520. The van der Waals surface area contributed by atoms with Gasteiger partial charge in [-0.25, -0.2) is 5.10 Å². The molecule has 1 amide bonds. The van der Waals surface area contributed by atoms with Crippen molar-refractivity contribution in [3.63, 3.8) is 0 Å². The molecule has 33 heavy (non-hydrogen) atoms. The maximum atomic E-state index is 12.7. The summed E-state index contributed by atoms with van der Waals surface area (Å²) in [6, 6.07) is 17.0. The van der Waals surface area contributed by atoms with Crippen molar-refractivity contribution in [2.45, 2.75) is 18.9 Å². The number of piperidine rings is 1. The van der Waals surface area contributed by atoms with Gasteiger partial charge in [-0.05, 0) is 31.0 Å². The Balaban J connectivity index is 1.34. The fraction of sp³-hybridized carbons (Fsp3) is 0.292. The number of amides is 1. The van der Waals surface area contributed by atoms with E-state index >= 15 is 0 Å². The number of carbonyl (C=O) groups excluding carboxylic acids is 1. The zero-order valence-corrected chi connectivity index (χ0v) is 18.6. The van der Waals surface area contributed by atoms with Crippen LogP contribution in [0, 0.1) is 0 Å². The van der Waals surface area contributed by atoms with E-state index in [0.29, 0.717) is 30.0 Å². The van der Waals surface area contributed by atoms with Crippen molar-refractivity contribution in [2.75, 3.05) is 25.0 Å². The molecule has 0 unspecified atom stereocenters. The smallest absolute Gasteiger partial charge is 0.272 e. The molecule has 0 bridgehead atoms. The van der Waals surface area contributed by atoms with Crippen LogP contribution in [0.5, 0.6) is 0 Å². The number of benzene rings is 2. The Morgan fingerprint density at radius 2 is 1.67 bits per heavy atom. The molecule has 0 radical (unpaired) electrons. The van der Waals surface area contributed by atoms with Crippen LogP contribution >= 0.6 is 0 Å². The van der Waals surface area contributed by atoms with E-state index in [0.717, 1.165) is 29.7 Å². The number of H-pyrrole nitrogens is 1. The molecular weight excluding hydrogens is 418 g/mol.